The Morgan fingerprint density at radius 3 is 1.98 bits per heavy atom. The second-order valence-electron chi connectivity index (χ2n) is 11.5. The molecular weight excluding hydrogens is 651 g/mol. The first-order valence-electron chi connectivity index (χ1n) is 15.1. The van der Waals surface area contributed by atoms with Gasteiger partial charge in [0.2, 0.25) is 0 Å². The molecule has 0 aliphatic carbocycles. The summed E-state index contributed by atoms with van der Waals surface area (Å²) in [6.45, 7) is 2.60. The number of hydrogen-bond donors (Lipinski definition) is 5. The fourth-order valence-electron chi connectivity index (χ4n) is 5.93. The summed E-state index contributed by atoms with van der Waals surface area (Å²) in [7, 11) is 0. The quantitative estimate of drug-likeness (QED) is 0.129. The first kappa shape index (κ1) is 37.1. The summed E-state index contributed by atoms with van der Waals surface area (Å²) in [5.74, 6) is -1.60. The van der Waals surface area contributed by atoms with E-state index in [0.29, 0.717) is 18.0 Å². The number of aromatic nitrogens is 2. The maximum absolute atomic E-state index is 13.2. The molecule has 47 heavy (non-hydrogen) atoms. The summed E-state index contributed by atoms with van der Waals surface area (Å²) in [5, 5.41) is 20.9. The minimum Gasteiger partial charge on any atom is -1.00 e. The molecule has 13 nitrogen and oxygen atoms in total. The zero-order chi connectivity index (χ0) is 33.1. The number of hydrogen-bond acceptors (Lipinski definition) is 9. The fourth-order valence-corrected chi connectivity index (χ4v) is 6.06. The molecule has 1 aromatic heterocycles. The van der Waals surface area contributed by atoms with Crippen molar-refractivity contribution in [3.8, 4) is 11.5 Å². The zero-order valence-electron chi connectivity index (χ0n) is 25.9. The van der Waals surface area contributed by atoms with Gasteiger partial charge >= 0.3 is 11.9 Å². The highest BCUT2D eigenvalue weighted by molar-refractivity contribution is 6.31. The van der Waals surface area contributed by atoms with Crippen LogP contribution in [0.5, 0.6) is 11.5 Å². The average molecular weight is 692 g/mol. The van der Waals surface area contributed by atoms with Gasteiger partial charge in [0.25, 0.3) is 5.91 Å². The van der Waals surface area contributed by atoms with Crippen molar-refractivity contribution in [3.05, 3.63) is 70.5 Å². The van der Waals surface area contributed by atoms with Crippen molar-refractivity contribution in [2.45, 2.75) is 44.6 Å². The number of ether oxygens (including phenoxy) is 2. The number of aryl methyl sites for hydroxylation is 2. The second kappa shape index (κ2) is 17.5. The van der Waals surface area contributed by atoms with Gasteiger partial charge in [0.05, 0.1) is 32.2 Å². The van der Waals surface area contributed by atoms with Crippen LogP contribution in [0, 0.1) is 0 Å². The highest BCUT2D eigenvalue weighted by Gasteiger charge is 2.35. The van der Waals surface area contributed by atoms with Gasteiger partial charge < -0.3 is 53.4 Å². The van der Waals surface area contributed by atoms with Crippen molar-refractivity contribution in [2.75, 3.05) is 50.9 Å². The lowest BCUT2D eigenvalue weighted by Gasteiger charge is -2.45. The van der Waals surface area contributed by atoms with E-state index in [4.69, 9.17) is 42.8 Å². The number of anilines is 2. The van der Waals surface area contributed by atoms with Gasteiger partial charge in [-0.25, -0.2) is 19.6 Å². The van der Waals surface area contributed by atoms with Gasteiger partial charge in [-0.15, -0.1) is 0 Å². The summed E-state index contributed by atoms with van der Waals surface area (Å²) in [6.07, 6.45) is 5.00. The first-order chi connectivity index (χ1) is 22.0. The largest absolute Gasteiger partial charge is 1.00 e. The number of carboxylic acids is 2. The molecule has 254 valence electrons. The Bertz CT molecular complexity index is 1480. The molecule has 15 heteroatoms. The monoisotopic (exact) mass is 690 g/mol. The van der Waals surface area contributed by atoms with E-state index in [1.54, 1.807) is 12.1 Å². The molecule has 0 unspecified atom stereocenters. The van der Waals surface area contributed by atoms with E-state index in [-0.39, 0.29) is 40.9 Å². The van der Waals surface area contributed by atoms with E-state index < -0.39 is 31.1 Å². The summed E-state index contributed by atoms with van der Waals surface area (Å²) in [6, 6.07) is 14.8. The minimum absolute atomic E-state index is 0. The normalized spacial score (nSPS) is 15.2. The van der Waals surface area contributed by atoms with Gasteiger partial charge in [-0.2, -0.15) is 0 Å². The SMILES string of the molecule is Nc1nc(N)c(C(=O)N[C@H]2CCC[N+](CCCc3cccc(OCC(=O)O)c3)(CCCc3cccc(OCC(=O)O)c3)C2)nc1Cl.[Cl-]. The van der Waals surface area contributed by atoms with Crippen LogP contribution in [0.25, 0.3) is 0 Å². The Morgan fingerprint density at radius 2 is 1.45 bits per heavy atom. The summed E-state index contributed by atoms with van der Waals surface area (Å²) in [5.41, 5.74) is 13.6. The van der Waals surface area contributed by atoms with E-state index in [0.717, 1.165) is 73.8 Å². The van der Waals surface area contributed by atoms with E-state index in [2.05, 4.69) is 15.3 Å². The molecule has 0 spiro atoms. The van der Waals surface area contributed by atoms with Crippen LogP contribution in [0.4, 0.5) is 11.6 Å². The molecule has 3 aromatic rings. The van der Waals surface area contributed by atoms with Gasteiger partial charge in [0, 0.05) is 12.8 Å². The highest BCUT2D eigenvalue weighted by Crippen LogP contribution is 2.25. The number of benzene rings is 2. The van der Waals surface area contributed by atoms with Crippen LogP contribution in [-0.4, -0.2) is 87.9 Å². The number of halogens is 2. The highest BCUT2D eigenvalue weighted by atomic mass is 35.5. The van der Waals surface area contributed by atoms with Crippen molar-refractivity contribution < 1.29 is 51.0 Å². The number of nitrogen functional groups attached to an aromatic ring is 2. The van der Waals surface area contributed by atoms with Crippen molar-refractivity contribution in [2.24, 2.45) is 0 Å². The van der Waals surface area contributed by atoms with E-state index in [1.165, 1.54) is 0 Å². The predicted octanol–water partition coefficient (Wildman–Crippen LogP) is 0.200. The van der Waals surface area contributed by atoms with Crippen molar-refractivity contribution in [1.29, 1.82) is 0 Å². The summed E-state index contributed by atoms with van der Waals surface area (Å²) >= 11 is 6.01. The number of rotatable bonds is 16. The lowest BCUT2D eigenvalue weighted by atomic mass is 9.99. The number of likely N-dealkylation sites (tertiary alicyclic amines) is 1. The Balaban J connectivity index is 0.00000600. The number of nitrogens with one attached hydrogen (secondary N) is 1. The molecule has 1 aliphatic heterocycles. The topological polar surface area (TPSA) is 200 Å². The van der Waals surface area contributed by atoms with E-state index in [1.807, 2.05) is 36.4 Å². The van der Waals surface area contributed by atoms with Crippen LogP contribution >= 0.6 is 11.6 Å². The molecule has 2 heterocycles. The Kier molecular flexibility index (Phi) is 13.9. The van der Waals surface area contributed by atoms with Gasteiger partial charge in [0.15, 0.2) is 35.7 Å². The van der Waals surface area contributed by atoms with Crippen LogP contribution in [0.2, 0.25) is 5.15 Å². The maximum Gasteiger partial charge on any atom is 0.341 e. The third kappa shape index (κ3) is 11.5. The lowest BCUT2D eigenvalue weighted by Crippen LogP contribution is -3.00. The van der Waals surface area contributed by atoms with Crippen molar-refractivity contribution in [1.82, 2.24) is 15.3 Å². The minimum atomic E-state index is -1.03. The van der Waals surface area contributed by atoms with E-state index >= 15 is 0 Å². The Morgan fingerprint density at radius 1 is 0.894 bits per heavy atom. The molecule has 1 atom stereocenters. The molecule has 1 amide bonds. The third-order valence-electron chi connectivity index (χ3n) is 7.97. The van der Waals surface area contributed by atoms with Crippen LogP contribution in [-0.2, 0) is 22.4 Å². The number of nitrogens with zero attached hydrogens (tertiary/aromatic N) is 3. The molecular formula is C32H40Cl2N6O7. The van der Waals surface area contributed by atoms with Crippen molar-refractivity contribution >= 4 is 41.1 Å². The number of quaternary nitrogens is 1. The summed E-state index contributed by atoms with van der Waals surface area (Å²) < 4.78 is 11.5. The Labute approximate surface area is 284 Å². The molecule has 0 bridgehead atoms. The maximum atomic E-state index is 13.2. The number of carboxylic acid groups (broad SMARTS) is 2. The molecule has 2 aromatic carbocycles. The molecule has 7 N–H and O–H groups in total. The molecule has 4 rings (SSSR count). The fraction of sp³-hybridized carbons (Fsp3) is 0.406. The number of nitrogens with two attached hydrogens (primary N) is 2. The van der Waals surface area contributed by atoms with Crippen molar-refractivity contribution in [3.63, 3.8) is 0 Å². The van der Waals surface area contributed by atoms with Gasteiger partial charge in [-0.1, -0.05) is 35.9 Å². The van der Waals surface area contributed by atoms with Crippen LogP contribution < -0.4 is 38.7 Å². The van der Waals surface area contributed by atoms with Gasteiger partial charge in [-0.3, -0.25) is 4.79 Å². The number of carbonyl (C=O) groups is 3. The van der Waals surface area contributed by atoms with E-state index in [9.17, 15) is 14.4 Å². The average Bonchev–Trinajstić information content (AvgIpc) is 3.01. The number of carbonyl (C=O) groups excluding carboxylic acids is 1. The number of amides is 1. The number of aliphatic carboxylic acids is 2. The Hall–Kier alpha value is -4.33. The molecule has 1 aliphatic rings. The third-order valence-corrected chi connectivity index (χ3v) is 8.24. The smallest absolute Gasteiger partial charge is 0.341 e. The molecule has 1 fully saturated rings. The van der Waals surface area contributed by atoms with Gasteiger partial charge in [0.1, 0.15) is 11.5 Å². The standard InChI is InChI=1S/C32H39ClN6O7.ClH/c33-29-31(35)38-30(34)28(37-29)32(44)36-23-10-5-15-39(18-23,13-3-8-21-6-1-11-24(16-21)45-19-26(40)41)14-4-9-22-7-2-12-25(17-22)46-20-27(42)43;/h1-2,6-7,11-12,16-17,23H,3-5,8-10,13-15,18-20H2,(H6-,34,35,36,38,40,41,42,43,44);1H/t23-;/m0./s1. The van der Waals surface area contributed by atoms with Gasteiger partial charge in [-0.05, 0) is 61.1 Å². The lowest BCUT2D eigenvalue weighted by molar-refractivity contribution is -0.933. The first-order valence-corrected chi connectivity index (χ1v) is 15.5. The second-order valence-corrected chi connectivity index (χ2v) is 11.9. The number of piperidine rings is 1. The zero-order valence-corrected chi connectivity index (χ0v) is 27.4. The predicted molar refractivity (Wildman–Crippen MR) is 172 cm³/mol. The van der Waals surface area contributed by atoms with Crippen LogP contribution in [0.1, 0.15) is 47.3 Å². The molecule has 0 radical (unpaired) electrons. The van der Waals surface area contributed by atoms with Crippen LogP contribution in [0.15, 0.2) is 48.5 Å². The summed E-state index contributed by atoms with van der Waals surface area (Å²) in [4.78, 5) is 42.9. The molecule has 1 saturated heterocycles. The molecule has 0 saturated carbocycles. The van der Waals surface area contributed by atoms with Crippen LogP contribution in [0.3, 0.4) is 0 Å².